The van der Waals surface area contributed by atoms with Crippen molar-refractivity contribution in [1.29, 1.82) is 0 Å². The zero-order valence-electron chi connectivity index (χ0n) is 8.83. The van der Waals surface area contributed by atoms with Crippen molar-refractivity contribution >= 4 is 14.7 Å². The fraction of sp³-hybridized carbons (Fsp3) is 0.900. The standard InChI is InChI=1S/C10H16O3Si/c1-9(2)6-4-5-10(9,3)8(11)7(6)14(12)13/h6-7,12H,4-5H2,1-3H3. The Balaban J connectivity index is 2.49. The molecule has 2 bridgehead atoms. The minimum Gasteiger partial charge on any atom is -0.539 e. The van der Waals surface area contributed by atoms with Crippen LogP contribution in [0.3, 0.4) is 0 Å². The minimum atomic E-state index is -2.70. The lowest BCUT2D eigenvalue weighted by Crippen LogP contribution is -2.33. The van der Waals surface area contributed by atoms with Crippen LogP contribution in [0.5, 0.6) is 0 Å². The number of ketones is 1. The molecule has 0 spiro atoms. The molecule has 3 unspecified atom stereocenters. The van der Waals surface area contributed by atoms with Crippen LogP contribution < -0.4 is 0 Å². The number of rotatable bonds is 1. The summed E-state index contributed by atoms with van der Waals surface area (Å²) in [4.78, 5) is 21.2. The van der Waals surface area contributed by atoms with Gasteiger partial charge in [-0.1, -0.05) is 20.8 Å². The van der Waals surface area contributed by atoms with Crippen molar-refractivity contribution in [3.63, 3.8) is 0 Å². The van der Waals surface area contributed by atoms with Gasteiger partial charge in [-0.25, -0.2) is 0 Å². The molecule has 0 radical (unpaired) electrons. The second kappa shape index (κ2) is 2.54. The lowest BCUT2D eigenvalue weighted by Gasteiger charge is -2.32. The van der Waals surface area contributed by atoms with Crippen LogP contribution in [0.25, 0.3) is 0 Å². The van der Waals surface area contributed by atoms with Crippen molar-refractivity contribution in [3.8, 4) is 0 Å². The molecule has 0 aromatic rings. The van der Waals surface area contributed by atoms with Crippen LogP contribution in [0.4, 0.5) is 0 Å². The molecule has 14 heavy (non-hydrogen) atoms. The number of carbonyl (C=O) groups excluding carboxylic acids is 1. The molecule has 0 heterocycles. The number of fused-ring (bicyclic) bond motifs is 2. The lowest BCUT2D eigenvalue weighted by atomic mass is 9.70. The monoisotopic (exact) mass is 212 g/mol. The van der Waals surface area contributed by atoms with Crippen molar-refractivity contribution in [3.05, 3.63) is 0 Å². The van der Waals surface area contributed by atoms with E-state index in [9.17, 15) is 14.1 Å². The highest BCUT2D eigenvalue weighted by molar-refractivity contribution is 6.44. The predicted molar refractivity (Wildman–Crippen MR) is 52.0 cm³/mol. The Bertz CT molecular complexity index is 323. The minimum absolute atomic E-state index is 0.0325. The highest BCUT2D eigenvalue weighted by atomic mass is 28.3. The SMILES string of the molecule is CC12CCC(C([Si](=O)O)C1=O)C2(C)C. The fourth-order valence-corrected chi connectivity index (χ4v) is 4.84. The Labute approximate surface area is 85.3 Å². The number of Topliss-reactive ketones (excluding diaryl/α,β-unsaturated/α-hetero) is 1. The number of hydrogen-bond donors (Lipinski definition) is 1. The molecule has 0 aliphatic heterocycles. The normalized spacial score (nSPS) is 44.4. The van der Waals surface area contributed by atoms with E-state index in [2.05, 4.69) is 13.8 Å². The summed E-state index contributed by atoms with van der Waals surface area (Å²) in [5, 5.41) is 0. The molecule has 0 aromatic heterocycles. The highest BCUT2D eigenvalue weighted by Gasteiger charge is 2.68. The van der Waals surface area contributed by atoms with Gasteiger partial charge in [0.1, 0.15) is 11.3 Å². The molecule has 2 fully saturated rings. The van der Waals surface area contributed by atoms with E-state index in [-0.39, 0.29) is 22.5 Å². The Morgan fingerprint density at radius 3 is 2.29 bits per heavy atom. The molecule has 3 atom stereocenters. The van der Waals surface area contributed by atoms with Crippen LogP contribution in [0.1, 0.15) is 33.6 Å². The summed E-state index contributed by atoms with van der Waals surface area (Å²) in [6.07, 6.45) is 1.81. The molecule has 0 saturated heterocycles. The molecule has 4 heteroatoms. The molecule has 2 saturated carbocycles. The first-order valence-electron chi connectivity index (χ1n) is 5.09. The van der Waals surface area contributed by atoms with E-state index >= 15 is 0 Å². The van der Waals surface area contributed by atoms with Gasteiger partial charge >= 0.3 is 8.93 Å². The van der Waals surface area contributed by atoms with Crippen molar-refractivity contribution in [1.82, 2.24) is 0 Å². The first kappa shape index (κ1) is 10.0. The quantitative estimate of drug-likeness (QED) is 0.666. The van der Waals surface area contributed by atoms with Crippen LogP contribution in [0, 0.1) is 16.7 Å². The average molecular weight is 212 g/mol. The molecule has 1 N–H and O–H groups in total. The van der Waals surface area contributed by atoms with E-state index in [4.69, 9.17) is 0 Å². The van der Waals surface area contributed by atoms with E-state index in [1.165, 1.54) is 0 Å². The first-order chi connectivity index (χ1) is 6.32. The maximum absolute atomic E-state index is 12.0. The van der Waals surface area contributed by atoms with Gasteiger partial charge in [-0.15, -0.1) is 0 Å². The third kappa shape index (κ3) is 0.853. The molecular weight excluding hydrogens is 196 g/mol. The van der Waals surface area contributed by atoms with Gasteiger partial charge in [-0.3, -0.25) is 4.79 Å². The van der Waals surface area contributed by atoms with Crippen LogP contribution in [0.2, 0.25) is 5.54 Å². The second-order valence-corrected chi connectivity index (χ2v) is 6.68. The van der Waals surface area contributed by atoms with Crippen LogP contribution in [-0.4, -0.2) is 19.5 Å². The van der Waals surface area contributed by atoms with Crippen molar-refractivity contribution < 1.29 is 14.1 Å². The maximum Gasteiger partial charge on any atom is 0.511 e. The van der Waals surface area contributed by atoms with Crippen LogP contribution in [-0.2, 0) is 9.26 Å². The van der Waals surface area contributed by atoms with Gasteiger partial charge in [0, 0.05) is 5.41 Å². The van der Waals surface area contributed by atoms with Crippen molar-refractivity contribution in [2.45, 2.75) is 39.2 Å². The van der Waals surface area contributed by atoms with Gasteiger partial charge in [-0.2, -0.15) is 0 Å². The zero-order valence-corrected chi connectivity index (χ0v) is 9.83. The smallest absolute Gasteiger partial charge is 0.511 e. The number of hydrogen-bond acceptors (Lipinski definition) is 2. The molecule has 2 rings (SSSR count). The van der Waals surface area contributed by atoms with Crippen LogP contribution in [0.15, 0.2) is 0 Å². The second-order valence-electron chi connectivity index (χ2n) is 5.38. The van der Waals surface area contributed by atoms with E-state index in [0.717, 1.165) is 12.8 Å². The molecule has 0 amide bonds. The molecule has 2 aliphatic rings. The van der Waals surface area contributed by atoms with Gasteiger partial charge in [0.05, 0.1) is 0 Å². The molecular formula is C10H16O3Si. The van der Waals surface area contributed by atoms with Gasteiger partial charge in [0.25, 0.3) is 0 Å². The van der Waals surface area contributed by atoms with E-state index in [0.29, 0.717) is 0 Å². The predicted octanol–water partition coefficient (Wildman–Crippen LogP) is 1.29. The van der Waals surface area contributed by atoms with Crippen molar-refractivity contribution in [2.75, 3.05) is 0 Å². The Morgan fingerprint density at radius 2 is 2.00 bits per heavy atom. The van der Waals surface area contributed by atoms with Gasteiger partial charge in [0.15, 0.2) is 0 Å². The molecule has 78 valence electrons. The van der Waals surface area contributed by atoms with Crippen LogP contribution >= 0.6 is 0 Å². The molecule has 3 nitrogen and oxygen atoms in total. The van der Waals surface area contributed by atoms with E-state index < -0.39 is 14.5 Å². The molecule has 2 aliphatic carbocycles. The maximum atomic E-state index is 12.0. The zero-order chi connectivity index (χ0) is 10.7. The third-order valence-corrected chi connectivity index (χ3v) is 6.00. The highest BCUT2D eigenvalue weighted by Crippen LogP contribution is 2.67. The summed E-state index contributed by atoms with van der Waals surface area (Å²) in [7, 11) is -2.70. The summed E-state index contributed by atoms with van der Waals surface area (Å²) in [5.74, 6) is 0.154. The summed E-state index contributed by atoms with van der Waals surface area (Å²) in [5.41, 5.74) is -1.02. The lowest BCUT2D eigenvalue weighted by molar-refractivity contribution is -0.128. The third-order valence-electron chi connectivity index (χ3n) is 4.80. The summed E-state index contributed by atoms with van der Waals surface area (Å²) in [6.45, 7) is 6.08. The van der Waals surface area contributed by atoms with E-state index in [1.807, 2.05) is 6.92 Å². The largest absolute Gasteiger partial charge is 0.539 e. The van der Waals surface area contributed by atoms with Gasteiger partial charge in [-0.05, 0) is 24.2 Å². The first-order valence-corrected chi connectivity index (χ1v) is 6.53. The Hall–Kier alpha value is -0.513. The van der Waals surface area contributed by atoms with Gasteiger partial charge < -0.3 is 9.26 Å². The van der Waals surface area contributed by atoms with E-state index in [1.54, 1.807) is 0 Å². The fourth-order valence-electron chi connectivity index (χ4n) is 3.37. The number of carbonyl (C=O) groups is 1. The topological polar surface area (TPSA) is 54.4 Å². The Morgan fingerprint density at radius 1 is 1.43 bits per heavy atom. The van der Waals surface area contributed by atoms with Gasteiger partial charge in [0.2, 0.25) is 0 Å². The van der Waals surface area contributed by atoms with Crippen molar-refractivity contribution in [2.24, 2.45) is 16.7 Å². The summed E-state index contributed by atoms with van der Waals surface area (Å²) >= 11 is 0. The molecule has 0 aromatic carbocycles. The summed E-state index contributed by atoms with van der Waals surface area (Å²) < 4.78 is 11.2. The Kier molecular flexibility index (Phi) is 1.82. The summed E-state index contributed by atoms with van der Waals surface area (Å²) in [6, 6.07) is 0. The average Bonchev–Trinajstić information content (AvgIpc) is 2.35.